The molecular formula is C10H13NO4S. The highest BCUT2D eigenvalue weighted by Crippen LogP contribution is 2.21. The van der Waals surface area contributed by atoms with Crippen molar-refractivity contribution in [2.75, 3.05) is 6.61 Å². The zero-order chi connectivity index (χ0) is 12.1. The van der Waals surface area contributed by atoms with Crippen LogP contribution in [0.15, 0.2) is 5.38 Å². The molecule has 1 rings (SSSR count). The van der Waals surface area contributed by atoms with E-state index in [9.17, 15) is 9.59 Å². The summed E-state index contributed by atoms with van der Waals surface area (Å²) in [4.78, 5) is 26.1. The van der Waals surface area contributed by atoms with Gasteiger partial charge in [-0.05, 0) is 13.8 Å². The van der Waals surface area contributed by atoms with Crippen molar-refractivity contribution in [3.63, 3.8) is 0 Å². The largest absolute Gasteiger partial charge is 0.461 e. The van der Waals surface area contributed by atoms with Crippen molar-refractivity contribution in [3.8, 4) is 0 Å². The van der Waals surface area contributed by atoms with Gasteiger partial charge in [-0.2, -0.15) is 0 Å². The summed E-state index contributed by atoms with van der Waals surface area (Å²) < 4.78 is 9.75. The molecule has 16 heavy (non-hydrogen) atoms. The Morgan fingerprint density at radius 1 is 1.56 bits per heavy atom. The average Bonchev–Trinajstić information content (AvgIpc) is 2.65. The molecule has 0 amide bonds. The van der Waals surface area contributed by atoms with Gasteiger partial charge in [0.1, 0.15) is 5.01 Å². The highest BCUT2D eigenvalue weighted by molar-refractivity contribution is 7.09. The SMILES string of the molecule is CCOC(=O)c1csc([C@H](C)OC(C)=O)n1. The highest BCUT2D eigenvalue weighted by atomic mass is 32.1. The van der Waals surface area contributed by atoms with E-state index in [1.165, 1.54) is 18.3 Å². The number of thiazole rings is 1. The first-order valence-electron chi connectivity index (χ1n) is 4.84. The zero-order valence-corrected chi connectivity index (χ0v) is 10.2. The first-order valence-corrected chi connectivity index (χ1v) is 5.72. The number of esters is 2. The lowest BCUT2D eigenvalue weighted by Crippen LogP contribution is -2.07. The van der Waals surface area contributed by atoms with E-state index in [0.29, 0.717) is 11.6 Å². The maximum absolute atomic E-state index is 11.3. The van der Waals surface area contributed by atoms with Gasteiger partial charge in [0.25, 0.3) is 0 Å². The molecule has 0 aromatic carbocycles. The molecule has 6 heteroatoms. The van der Waals surface area contributed by atoms with E-state index < -0.39 is 12.1 Å². The van der Waals surface area contributed by atoms with Crippen LogP contribution < -0.4 is 0 Å². The lowest BCUT2D eigenvalue weighted by atomic mass is 10.4. The second-order valence-corrected chi connectivity index (χ2v) is 3.93. The third-order valence-corrected chi connectivity index (χ3v) is 2.70. The van der Waals surface area contributed by atoms with Gasteiger partial charge in [-0.1, -0.05) is 0 Å². The van der Waals surface area contributed by atoms with E-state index in [1.54, 1.807) is 19.2 Å². The van der Waals surface area contributed by atoms with E-state index in [4.69, 9.17) is 9.47 Å². The second-order valence-electron chi connectivity index (χ2n) is 3.04. The van der Waals surface area contributed by atoms with Gasteiger partial charge in [0, 0.05) is 12.3 Å². The molecule has 0 aliphatic rings. The molecule has 0 unspecified atom stereocenters. The molecular weight excluding hydrogens is 230 g/mol. The molecule has 1 heterocycles. The lowest BCUT2D eigenvalue weighted by Gasteiger charge is -2.07. The molecule has 0 N–H and O–H groups in total. The van der Waals surface area contributed by atoms with Crippen LogP contribution in [-0.4, -0.2) is 23.5 Å². The molecule has 5 nitrogen and oxygen atoms in total. The number of carbonyl (C=O) groups is 2. The molecule has 0 radical (unpaired) electrons. The molecule has 0 aliphatic heterocycles. The maximum atomic E-state index is 11.3. The molecule has 0 aliphatic carbocycles. The van der Waals surface area contributed by atoms with Crippen LogP contribution >= 0.6 is 11.3 Å². The summed E-state index contributed by atoms with van der Waals surface area (Å²) in [5, 5.41) is 2.17. The third kappa shape index (κ3) is 3.30. The van der Waals surface area contributed by atoms with Gasteiger partial charge in [0.2, 0.25) is 0 Å². The van der Waals surface area contributed by atoms with Crippen LogP contribution in [0.25, 0.3) is 0 Å². The summed E-state index contributed by atoms with van der Waals surface area (Å²) in [5.74, 6) is -0.833. The number of aromatic nitrogens is 1. The smallest absolute Gasteiger partial charge is 0.357 e. The van der Waals surface area contributed by atoms with Crippen molar-refractivity contribution in [1.82, 2.24) is 4.98 Å². The van der Waals surface area contributed by atoms with Crippen LogP contribution in [-0.2, 0) is 14.3 Å². The van der Waals surface area contributed by atoms with Crippen LogP contribution in [0.1, 0.15) is 42.4 Å². The number of ether oxygens (including phenoxy) is 2. The van der Waals surface area contributed by atoms with E-state index in [1.807, 2.05) is 0 Å². The Morgan fingerprint density at radius 3 is 2.81 bits per heavy atom. The monoisotopic (exact) mass is 243 g/mol. The van der Waals surface area contributed by atoms with Gasteiger partial charge >= 0.3 is 11.9 Å². The Morgan fingerprint density at radius 2 is 2.25 bits per heavy atom. The fraction of sp³-hybridized carbons (Fsp3) is 0.500. The molecule has 0 fully saturated rings. The molecule has 0 saturated carbocycles. The molecule has 1 aromatic heterocycles. The summed E-state index contributed by atoms with van der Waals surface area (Å²) in [6.07, 6.45) is -0.439. The van der Waals surface area contributed by atoms with E-state index in [0.717, 1.165) is 0 Å². The van der Waals surface area contributed by atoms with Crippen LogP contribution in [0.5, 0.6) is 0 Å². The van der Waals surface area contributed by atoms with Gasteiger partial charge in [0.05, 0.1) is 6.61 Å². The summed E-state index contributed by atoms with van der Waals surface area (Å²) in [7, 11) is 0. The van der Waals surface area contributed by atoms with Crippen LogP contribution in [0.3, 0.4) is 0 Å². The minimum Gasteiger partial charge on any atom is -0.461 e. The fourth-order valence-corrected chi connectivity index (χ4v) is 1.84. The van der Waals surface area contributed by atoms with E-state index >= 15 is 0 Å². The maximum Gasteiger partial charge on any atom is 0.357 e. The normalized spacial score (nSPS) is 11.9. The molecule has 0 saturated heterocycles. The van der Waals surface area contributed by atoms with Crippen molar-refractivity contribution in [2.45, 2.75) is 26.9 Å². The quantitative estimate of drug-likeness (QED) is 0.756. The Labute approximate surface area is 97.4 Å². The Balaban J connectivity index is 2.70. The number of rotatable bonds is 4. The topological polar surface area (TPSA) is 65.5 Å². The van der Waals surface area contributed by atoms with Crippen molar-refractivity contribution in [1.29, 1.82) is 0 Å². The van der Waals surface area contributed by atoms with Gasteiger partial charge in [-0.25, -0.2) is 9.78 Å². The molecule has 0 bridgehead atoms. The van der Waals surface area contributed by atoms with E-state index in [2.05, 4.69) is 4.98 Å². The minimum absolute atomic E-state index is 0.251. The predicted octanol–water partition coefficient (Wildman–Crippen LogP) is 1.94. The second kappa shape index (κ2) is 5.60. The molecule has 88 valence electrons. The number of hydrogen-bond acceptors (Lipinski definition) is 6. The summed E-state index contributed by atoms with van der Waals surface area (Å²) in [6.45, 7) is 5.07. The van der Waals surface area contributed by atoms with Crippen LogP contribution in [0, 0.1) is 0 Å². The van der Waals surface area contributed by atoms with Gasteiger partial charge in [-0.15, -0.1) is 11.3 Å². The summed E-state index contributed by atoms with van der Waals surface area (Å²) in [6, 6.07) is 0. The average molecular weight is 243 g/mol. The summed E-state index contributed by atoms with van der Waals surface area (Å²) >= 11 is 1.26. The van der Waals surface area contributed by atoms with Crippen molar-refractivity contribution < 1.29 is 19.1 Å². The predicted molar refractivity (Wildman–Crippen MR) is 58.3 cm³/mol. The van der Waals surface area contributed by atoms with Gasteiger partial charge in [-0.3, -0.25) is 4.79 Å². The lowest BCUT2D eigenvalue weighted by molar-refractivity contribution is -0.145. The van der Waals surface area contributed by atoms with Crippen molar-refractivity contribution in [2.24, 2.45) is 0 Å². The number of carbonyl (C=O) groups excluding carboxylic acids is 2. The van der Waals surface area contributed by atoms with Crippen LogP contribution in [0.2, 0.25) is 0 Å². The Kier molecular flexibility index (Phi) is 4.42. The Bertz CT molecular complexity index is 388. The Hall–Kier alpha value is -1.43. The number of nitrogens with zero attached hydrogens (tertiary/aromatic N) is 1. The third-order valence-electron chi connectivity index (χ3n) is 1.70. The van der Waals surface area contributed by atoms with Gasteiger partial charge < -0.3 is 9.47 Å². The van der Waals surface area contributed by atoms with Crippen LogP contribution in [0.4, 0.5) is 0 Å². The molecule has 0 spiro atoms. The highest BCUT2D eigenvalue weighted by Gasteiger charge is 2.17. The number of hydrogen-bond donors (Lipinski definition) is 0. The molecule has 1 atom stereocenters. The van der Waals surface area contributed by atoms with Crippen molar-refractivity contribution >= 4 is 23.3 Å². The zero-order valence-electron chi connectivity index (χ0n) is 9.35. The standard InChI is InChI=1S/C10H13NO4S/c1-4-14-10(13)8-5-16-9(11-8)6(2)15-7(3)12/h5-6H,4H2,1-3H3/t6-/m0/s1. The molecule has 1 aromatic rings. The first-order chi connectivity index (χ1) is 7.54. The summed E-state index contributed by atoms with van der Waals surface area (Å²) in [5.41, 5.74) is 0.251. The fourth-order valence-electron chi connectivity index (χ4n) is 1.07. The van der Waals surface area contributed by atoms with Gasteiger partial charge in [0.15, 0.2) is 11.8 Å². The minimum atomic E-state index is -0.458. The van der Waals surface area contributed by atoms with Crippen molar-refractivity contribution in [3.05, 3.63) is 16.1 Å². The first kappa shape index (κ1) is 12.6. The van der Waals surface area contributed by atoms with E-state index in [-0.39, 0.29) is 11.7 Å².